The van der Waals surface area contributed by atoms with Gasteiger partial charge in [0.25, 0.3) is 0 Å². The monoisotopic (exact) mass is 237 g/mol. The Morgan fingerprint density at radius 3 is 2.81 bits per heavy atom. The maximum Gasteiger partial charge on any atom is 0.0558 e. The number of thioether (sulfide) groups is 1. The maximum atomic E-state index is 8.99. The lowest BCUT2D eigenvalue weighted by atomic mass is 10.2. The molecule has 0 amide bonds. The summed E-state index contributed by atoms with van der Waals surface area (Å²) in [5, 5.41) is 8.99. The molecule has 0 saturated heterocycles. The highest BCUT2D eigenvalue weighted by Gasteiger charge is 2.06. The molecular weight excluding hydrogens is 218 g/mol. The molecule has 0 heterocycles. The molecule has 0 fully saturated rings. The number of aliphatic hydroxyl groups excluding tert-OH is 1. The molecule has 0 unspecified atom stereocenters. The average Bonchev–Trinajstić information content (AvgIpc) is 2.30. The fourth-order valence-corrected chi connectivity index (χ4v) is 2.24. The Balaban J connectivity index is 2.71. The summed E-state index contributed by atoms with van der Waals surface area (Å²) in [6.07, 6.45) is 3.96. The second-order valence-electron chi connectivity index (χ2n) is 3.56. The molecule has 0 aliphatic carbocycles. The number of aliphatic hydroxyl groups is 1. The van der Waals surface area contributed by atoms with Crippen LogP contribution in [0.3, 0.4) is 0 Å². The van der Waals surface area contributed by atoms with E-state index < -0.39 is 0 Å². The van der Waals surface area contributed by atoms with E-state index in [1.807, 2.05) is 6.08 Å². The highest BCUT2D eigenvalue weighted by molar-refractivity contribution is 7.98. The summed E-state index contributed by atoms with van der Waals surface area (Å²) in [6, 6.07) is 8.38. The molecule has 88 valence electrons. The van der Waals surface area contributed by atoms with E-state index in [4.69, 9.17) is 5.11 Å². The fourth-order valence-electron chi connectivity index (χ4n) is 1.63. The average molecular weight is 237 g/mol. The Hall–Kier alpha value is -0.770. The van der Waals surface area contributed by atoms with E-state index in [1.54, 1.807) is 11.8 Å². The van der Waals surface area contributed by atoms with Crippen LogP contribution in [0, 0.1) is 0 Å². The molecule has 1 aromatic rings. The van der Waals surface area contributed by atoms with E-state index in [0.717, 1.165) is 13.1 Å². The van der Waals surface area contributed by atoms with Gasteiger partial charge in [-0.05, 0) is 17.9 Å². The van der Waals surface area contributed by atoms with E-state index in [1.165, 1.54) is 10.5 Å². The third-order valence-corrected chi connectivity index (χ3v) is 3.23. The molecule has 1 aromatic carbocycles. The van der Waals surface area contributed by atoms with Crippen LogP contribution >= 0.6 is 11.8 Å². The van der Waals surface area contributed by atoms with Gasteiger partial charge in [-0.3, -0.25) is 4.90 Å². The van der Waals surface area contributed by atoms with Crippen LogP contribution in [0.4, 0.5) is 0 Å². The zero-order valence-corrected chi connectivity index (χ0v) is 10.5. The molecule has 0 bridgehead atoms. The van der Waals surface area contributed by atoms with E-state index in [0.29, 0.717) is 6.54 Å². The first-order valence-corrected chi connectivity index (χ1v) is 6.60. The number of rotatable bonds is 7. The van der Waals surface area contributed by atoms with Crippen molar-refractivity contribution in [2.75, 3.05) is 26.0 Å². The lowest BCUT2D eigenvalue weighted by Gasteiger charge is -2.20. The quantitative estimate of drug-likeness (QED) is 0.582. The van der Waals surface area contributed by atoms with Gasteiger partial charge in [0.15, 0.2) is 0 Å². The molecule has 0 spiro atoms. The van der Waals surface area contributed by atoms with Gasteiger partial charge in [-0.2, -0.15) is 0 Å². The summed E-state index contributed by atoms with van der Waals surface area (Å²) in [4.78, 5) is 3.48. The third kappa shape index (κ3) is 4.00. The maximum absolute atomic E-state index is 8.99. The lowest BCUT2D eigenvalue weighted by molar-refractivity contribution is 0.202. The molecule has 0 atom stereocenters. The van der Waals surface area contributed by atoms with Crippen molar-refractivity contribution in [2.24, 2.45) is 0 Å². The van der Waals surface area contributed by atoms with Gasteiger partial charge in [0, 0.05) is 24.5 Å². The Bertz CT molecular complexity index is 327. The predicted molar refractivity (Wildman–Crippen MR) is 70.8 cm³/mol. The van der Waals surface area contributed by atoms with Crippen molar-refractivity contribution in [3.63, 3.8) is 0 Å². The van der Waals surface area contributed by atoms with Gasteiger partial charge in [0.2, 0.25) is 0 Å². The zero-order valence-electron chi connectivity index (χ0n) is 9.72. The van der Waals surface area contributed by atoms with Crippen LogP contribution in [0.1, 0.15) is 5.56 Å². The van der Waals surface area contributed by atoms with Crippen molar-refractivity contribution in [3.05, 3.63) is 42.5 Å². The summed E-state index contributed by atoms with van der Waals surface area (Å²) >= 11 is 1.76. The molecule has 0 radical (unpaired) electrons. The van der Waals surface area contributed by atoms with Gasteiger partial charge in [-0.25, -0.2) is 0 Å². The van der Waals surface area contributed by atoms with Gasteiger partial charge in [-0.15, -0.1) is 18.3 Å². The summed E-state index contributed by atoms with van der Waals surface area (Å²) < 4.78 is 0. The molecule has 1 rings (SSSR count). The van der Waals surface area contributed by atoms with Crippen molar-refractivity contribution < 1.29 is 5.11 Å². The Labute approximate surface area is 102 Å². The Morgan fingerprint density at radius 2 is 2.19 bits per heavy atom. The summed E-state index contributed by atoms with van der Waals surface area (Å²) in [5.41, 5.74) is 1.31. The fraction of sp³-hybridized carbons (Fsp3) is 0.385. The zero-order chi connectivity index (χ0) is 11.8. The van der Waals surface area contributed by atoms with Gasteiger partial charge in [0.05, 0.1) is 6.61 Å². The van der Waals surface area contributed by atoms with Crippen LogP contribution in [-0.4, -0.2) is 36.0 Å². The highest BCUT2D eigenvalue weighted by atomic mass is 32.2. The minimum Gasteiger partial charge on any atom is -0.395 e. The smallest absolute Gasteiger partial charge is 0.0558 e. The molecule has 0 aromatic heterocycles. The molecule has 3 heteroatoms. The highest BCUT2D eigenvalue weighted by Crippen LogP contribution is 2.21. The molecule has 1 N–H and O–H groups in total. The van der Waals surface area contributed by atoms with Crippen LogP contribution < -0.4 is 0 Å². The van der Waals surface area contributed by atoms with Crippen molar-refractivity contribution in [1.29, 1.82) is 0 Å². The van der Waals surface area contributed by atoms with E-state index in [-0.39, 0.29) is 6.61 Å². The summed E-state index contributed by atoms with van der Waals surface area (Å²) in [5.74, 6) is 0. The number of benzene rings is 1. The van der Waals surface area contributed by atoms with Crippen molar-refractivity contribution in [2.45, 2.75) is 11.4 Å². The summed E-state index contributed by atoms with van der Waals surface area (Å²) in [6.45, 7) is 6.29. The third-order valence-electron chi connectivity index (χ3n) is 2.39. The standard InChI is InChI=1S/C13H19NOS/c1-3-8-14(9-10-15)11-12-6-4-5-7-13(12)16-2/h3-7,15H,1,8-11H2,2H3. The van der Waals surface area contributed by atoms with Crippen LogP contribution in [0.2, 0.25) is 0 Å². The van der Waals surface area contributed by atoms with Gasteiger partial charge < -0.3 is 5.11 Å². The molecule has 0 aliphatic heterocycles. The topological polar surface area (TPSA) is 23.5 Å². The van der Waals surface area contributed by atoms with Gasteiger partial charge in [0.1, 0.15) is 0 Å². The normalized spacial score (nSPS) is 10.7. The first-order chi connectivity index (χ1) is 7.81. The molecule has 2 nitrogen and oxygen atoms in total. The SMILES string of the molecule is C=CCN(CCO)Cc1ccccc1SC. The van der Waals surface area contributed by atoms with Crippen LogP contribution in [0.15, 0.2) is 41.8 Å². The first kappa shape index (κ1) is 13.3. The largest absolute Gasteiger partial charge is 0.395 e. The van der Waals surface area contributed by atoms with Crippen molar-refractivity contribution in [3.8, 4) is 0 Å². The molecule has 0 saturated carbocycles. The predicted octanol–water partition coefficient (Wildman–Crippen LogP) is 2.39. The van der Waals surface area contributed by atoms with E-state index >= 15 is 0 Å². The van der Waals surface area contributed by atoms with E-state index in [9.17, 15) is 0 Å². The molecular formula is C13H19NOS. The second kappa shape index (κ2) is 7.49. The van der Waals surface area contributed by atoms with Crippen LogP contribution in [0.5, 0.6) is 0 Å². The number of nitrogens with zero attached hydrogens (tertiary/aromatic N) is 1. The minimum atomic E-state index is 0.190. The van der Waals surface area contributed by atoms with Gasteiger partial charge >= 0.3 is 0 Å². The first-order valence-electron chi connectivity index (χ1n) is 5.37. The Morgan fingerprint density at radius 1 is 1.44 bits per heavy atom. The van der Waals surface area contributed by atoms with Crippen LogP contribution in [0.25, 0.3) is 0 Å². The minimum absolute atomic E-state index is 0.190. The molecule has 0 aliphatic rings. The number of hydrogen-bond acceptors (Lipinski definition) is 3. The van der Waals surface area contributed by atoms with Gasteiger partial charge in [-0.1, -0.05) is 24.3 Å². The molecule has 16 heavy (non-hydrogen) atoms. The Kier molecular flexibility index (Phi) is 6.23. The lowest BCUT2D eigenvalue weighted by Crippen LogP contribution is -2.26. The van der Waals surface area contributed by atoms with E-state index in [2.05, 4.69) is 42.0 Å². The number of hydrogen-bond donors (Lipinski definition) is 1. The van der Waals surface area contributed by atoms with Crippen molar-refractivity contribution >= 4 is 11.8 Å². The summed E-state index contributed by atoms with van der Waals surface area (Å²) in [7, 11) is 0. The van der Waals surface area contributed by atoms with Crippen LogP contribution in [-0.2, 0) is 6.54 Å². The second-order valence-corrected chi connectivity index (χ2v) is 4.41. The van der Waals surface area contributed by atoms with Crippen molar-refractivity contribution in [1.82, 2.24) is 4.90 Å².